The van der Waals surface area contributed by atoms with Gasteiger partial charge in [-0.15, -0.1) is 0 Å². The highest BCUT2D eigenvalue weighted by Gasteiger charge is 2.07. The summed E-state index contributed by atoms with van der Waals surface area (Å²) in [4.78, 5) is 30.9. The van der Waals surface area contributed by atoms with E-state index in [-0.39, 0.29) is 11.5 Å². The summed E-state index contributed by atoms with van der Waals surface area (Å²) < 4.78 is 10.5. The third-order valence-corrected chi connectivity index (χ3v) is 5.08. The first-order valence-electron chi connectivity index (χ1n) is 9.80. The molecule has 0 atom stereocenters. The molecular weight excluding hydrogens is 428 g/mol. The second-order valence-corrected chi connectivity index (χ2v) is 7.38. The molecule has 4 aromatic rings. The number of methoxy groups -OCH3 is 1. The predicted molar refractivity (Wildman–Crippen MR) is 125 cm³/mol. The van der Waals surface area contributed by atoms with Gasteiger partial charge in [-0.3, -0.25) is 4.79 Å². The fraction of sp³-hybridized carbons (Fsp3) is 0.0800. The van der Waals surface area contributed by atoms with Crippen LogP contribution < -0.4 is 10.3 Å². The van der Waals surface area contributed by atoms with Crippen LogP contribution in [0.15, 0.2) is 77.6 Å². The van der Waals surface area contributed by atoms with Crippen molar-refractivity contribution in [1.29, 1.82) is 0 Å². The van der Waals surface area contributed by atoms with Gasteiger partial charge in [0.05, 0.1) is 28.6 Å². The van der Waals surface area contributed by atoms with Gasteiger partial charge in [-0.2, -0.15) is 0 Å². The highest BCUT2D eigenvalue weighted by Crippen LogP contribution is 2.22. The van der Waals surface area contributed by atoms with Crippen LogP contribution in [0.25, 0.3) is 22.0 Å². The van der Waals surface area contributed by atoms with Crippen molar-refractivity contribution >= 4 is 39.6 Å². The second-order valence-electron chi connectivity index (χ2n) is 6.97. The van der Waals surface area contributed by atoms with Gasteiger partial charge in [-0.25, -0.2) is 9.78 Å². The highest BCUT2D eigenvalue weighted by molar-refractivity contribution is 6.50. The van der Waals surface area contributed by atoms with Gasteiger partial charge in [0, 0.05) is 0 Å². The van der Waals surface area contributed by atoms with Crippen molar-refractivity contribution in [2.24, 2.45) is 0 Å². The number of esters is 1. The maximum atomic E-state index is 12.2. The Labute approximate surface area is 189 Å². The van der Waals surface area contributed by atoms with E-state index in [0.29, 0.717) is 39.7 Å². The number of hydrogen-bond donors (Lipinski definition) is 1. The number of hydrogen-bond acceptors (Lipinski definition) is 5. The van der Waals surface area contributed by atoms with Gasteiger partial charge in [0.25, 0.3) is 5.56 Å². The van der Waals surface area contributed by atoms with Crippen LogP contribution in [0.1, 0.15) is 27.3 Å². The van der Waals surface area contributed by atoms with E-state index in [4.69, 9.17) is 21.1 Å². The number of ether oxygens (including phenoxy) is 2. The number of aromatic amines is 1. The van der Waals surface area contributed by atoms with Crippen LogP contribution in [-0.2, 0) is 11.3 Å². The lowest BCUT2D eigenvalue weighted by Gasteiger charge is -2.07. The monoisotopic (exact) mass is 446 g/mol. The molecule has 0 aliphatic heterocycles. The first-order chi connectivity index (χ1) is 15.5. The number of carbonyl (C=O) groups is 1. The fourth-order valence-electron chi connectivity index (χ4n) is 3.10. The summed E-state index contributed by atoms with van der Waals surface area (Å²) in [5.41, 5.74) is 2.60. The number of carbonyl (C=O) groups excluding carboxylic acids is 1. The van der Waals surface area contributed by atoms with Gasteiger partial charge in [-0.1, -0.05) is 48.0 Å². The van der Waals surface area contributed by atoms with E-state index in [2.05, 4.69) is 9.97 Å². The highest BCUT2D eigenvalue weighted by atomic mass is 35.5. The summed E-state index contributed by atoms with van der Waals surface area (Å²) >= 11 is 6.40. The number of fused-ring (bicyclic) bond motifs is 1. The fourth-order valence-corrected chi connectivity index (χ4v) is 3.31. The lowest BCUT2D eigenvalue weighted by Crippen LogP contribution is -2.10. The molecule has 4 rings (SSSR count). The summed E-state index contributed by atoms with van der Waals surface area (Å²) in [6.45, 7) is 0.361. The molecule has 0 aliphatic carbocycles. The minimum absolute atomic E-state index is 0.236. The van der Waals surface area contributed by atoms with Crippen LogP contribution in [0, 0.1) is 0 Å². The zero-order valence-electron chi connectivity index (χ0n) is 17.2. The molecule has 1 heterocycles. The SMILES string of the molecule is COC(=O)c1ccc(COc2ccc(/C=C(\Cl)c3nc4ccccc4c(=O)[nH]3)cc2)cc1. The summed E-state index contributed by atoms with van der Waals surface area (Å²) in [5.74, 6) is 0.626. The molecule has 7 heteroatoms. The van der Waals surface area contributed by atoms with E-state index in [1.54, 1.807) is 36.4 Å². The maximum Gasteiger partial charge on any atom is 0.337 e. The Balaban J connectivity index is 1.44. The standard InChI is InChI=1S/C25H19ClN2O4/c1-31-25(30)18-10-6-17(7-11-18)15-32-19-12-8-16(9-13-19)14-21(26)23-27-22-5-3-2-4-20(22)24(29)28-23/h2-14H,15H2,1H3,(H,27,28,29)/b21-14-. The number of nitrogens with zero attached hydrogens (tertiary/aromatic N) is 1. The zero-order valence-corrected chi connectivity index (χ0v) is 17.9. The van der Waals surface area contributed by atoms with E-state index in [9.17, 15) is 9.59 Å². The minimum atomic E-state index is -0.372. The number of halogens is 1. The quantitative estimate of drug-likeness (QED) is 0.420. The number of rotatable bonds is 6. The molecule has 3 aromatic carbocycles. The van der Waals surface area contributed by atoms with Crippen molar-refractivity contribution in [2.45, 2.75) is 6.61 Å². The molecule has 0 saturated heterocycles. The summed E-state index contributed by atoms with van der Waals surface area (Å²) in [5, 5.41) is 0.842. The molecule has 1 aromatic heterocycles. The van der Waals surface area contributed by atoms with E-state index >= 15 is 0 Å². The van der Waals surface area contributed by atoms with Gasteiger partial charge in [0.15, 0.2) is 5.82 Å². The van der Waals surface area contributed by atoms with Gasteiger partial charge in [-0.05, 0) is 53.6 Å². The largest absolute Gasteiger partial charge is 0.489 e. The van der Waals surface area contributed by atoms with Crippen molar-refractivity contribution in [3.05, 3.63) is 106 Å². The van der Waals surface area contributed by atoms with Crippen molar-refractivity contribution in [1.82, 2.24) is 9.97 Å². The molecule has 160 valence electrons. The van der Waals surface area contributed by atoms with E-state index in [0.717, 1.165) is 11.1 Å². The van der Waals surface area contributed by atoms with Crippen molar-refractivity contribution < 1.29 is 14.3 Å². The minimum Gasteiger partial charge on any atom is -0.489 e. The Morgan fingerprint density at radius 2 is 1.75 bits per heavy atom. The van der Waals surface area contributed by atoms with Gasteiger partial charge >= 0.3 is 5.97 Å². The molecular formula is C25H19ClN2O4. The molecule has 0 aliphatic rings. The Morgan fingerprint density at radius 3 is 2.47 bits per heavy atom. The van der Waals surface area contributed by atoms with Crippen molar-refractivity contribution in [2.75, 3.05) is 7.11 Å². The van der Waals surface area contributed by atoms with Gasteiger partial charge < -0.3 is 14.5 Å². The van der Waals surface area contributed by atoms with E-state index in [1.165, 1.54) is 7.11 Å². The lowest BCUT2D eigenvalue weighted by atomic mass is 10.1. The van der Waals surface area contributed by atoms with E-state index < -0.39 is 0 Å². The van der Waals surface area contributed by atoms with Crippen molar-refractivity contribution in [3.63, 3.8) is 0 Å². The van der Waals surface area contributed by atoms with E-state index in [1.807, 2.05) is 42.5 Å². The summed E-state index contributed by atoms with van der Waals surface area (Å²) in [6.07, 6.45) is 1.73. The predicted octanol–water partition coefficient (Wildman–Crippen LogP) is 5.03. The molecule has 6 nitrogen and oxygen atoms in total. The molecule has 0 radical (unpaired) electrons. The smallest absolute Gasteiger partial charge is 0.337 e. The Kier molecular flexibility index (Phi) is 6.33. The average Bonchev–Trinajstić information content (AvgIpc) is 2.83. The number of aromatic nitrogens is 2. The Morgan fingerprint density at radius 1 is 1.03 bits per heavy atom. The second kappa shape index (κ2) is 9.49. The van der Waals surface area contributed by atoms with Crippen LogP contribution in [0.4, 0.5) is 0 Å². The molecule has 0 saturated carbocycles. The third-order valence-electron chi connectivity index (χ3n) is 4.79. The topological polar surface area (TPSA) is 81.3 Å². The molecule has 1 N–H and O–H groups in total. The molecule has 0 amide bonds. The zero-order chi connectivity index (χ0) is 22.5. The van der Waals surface area contributed by atoms with Crippen LogP contribution in [0.2, 0.25) is 0 Å². The molecule has 0 bridgehead atoms. The van der Waals surface area contributed by atoms with Gasteiger partial charge in [0.2, 0.25) is 0 Å². The average molecular weight is 447 g/mol. The lowest BCUT2D eigenvalue weighted by molar-refractivity contribution is 0.0600. The Bertz CT molecular complexity index is 1340. The Hall–Kier alpha value is -3.90. The first-order valence-corrected chi connectivity index (χ1v) is 10.2. The molecule has 0 unspecified atom stereocenters. The van der Waals surface area contributed by atoms with Crippen LogP contribution in [-0.4, -0.2) is 23.0 Å². The molecule has 0 fully saturated rings. The van der Waals surface area contributed by atoms with Crippen LogP contribution >= 0.6 is 11.6 Å². The molecule has 32 heavy (non-hydrogen) atoms. The third kappa shape index (κ3) is 4.87. The van der Waals surface area contributed by atoms with Crippen LogP contribution in [0.3, 0.4) is 0 Å². The maximum absolute atomic E-state index is 12.2. The number of benzene rings is 3. The summed E-state index contributed by atoms with van der Waals surface area (Å²) in [6, 6.07) is 21.5. The summed E-state index contributed by atoms with van der Waals surface area (Å²) in [7, 11) is 1.35. The molecule has 0 spiro atoms. The number of para-hydroxylation sites is 1. The van der Waals surface area contributed by atoms with Crippen LogP contribution in [0.5, 0.6) is 5.75 Å². The number of nitrogens with one attached hydrogen (secondary N) is 1. The normalized spacial score (nSPS) is 11.4. The van der Waals surface area contributed by atoms with Crippen molar-refractivity contribution in [3.8, 4) is 5.75 Å². The first kappa shape index (κ1) is 21.3. The number of H-pyrrole nitrogens is 1. The van der Waals surface area contributed by atoms with Gasteiger partial charge in [0.1, 0.15) is 12.4 Å².